The molecule has 2 fully saturated rings. The van der Waals surface area contributed by atoms with Crippen molar-refractivity contribution in [2.75, 3.05) is 5.75 Å². The van der Waals surface area contributed by atoms with Gasteiger partial charge in [0.25, 0.3) is 0 Å². The molecule has 26 heavy (non-hydrogen) atoms. The zero-order valence-corrected chi connectivity index (χ0v) is 16.6. The predicted octanol–water partition coefficient (Wildman–Crippen LogP) is 3.50. The maximum Gasteiger partial charge on any atom is 0.230 e. The lowest BCUT2D eigenvalue weighted by molar-refractivity contribution is -0.120. The van der Waals surface area contributed by atoms with E-state index in [4.69, 9.17) is 4.42 Å². The second-order valence-corrected chi connectivity index (χ2v) is 9.30. The Morgan fingerprint density at radius 2 is 2.23 bits per heavy atom. The number of nitrogens with zero attached hydrogens (tertiary/aromatic N) is 3. The third kappa shape index (κ3) is 2.59. The Morgan fingerprint density at radius 3 is 2.85 bits per heavy atom. The lowest BCUT2D eigenvalue weighted by Gasteiger charge is -2.39. The normalized spacial score (nSPS) is 29.2. The van der Waals surface area contributed by atoms with Crippen LogP contribution < -0.4 is 5.32 Å². The summed E-state index contributed by atoms with van der Waals surface area (Å²) < 4.78 is 7.23. The van der Waals surface area contributed by atoms with E-state index in [0.717, 1.165) is 12.3 Å². The molecule has 4 rings (SSSR count). The van der Waals surface area contributed by atoms with Gasteiger partial charge in [-0.1, -0.05) is 32.5 Å². The highest BCUT2D eigenvalue weighted by atomic mass is 32.2. The van der Waals surface area contributed by atoms with Crippen LogP contribution in [0.3, 0.4) is 0 Å². The summed E-state index contributed by atoms with van der Waals surface area (Å²) in [5.74, 6) is 2.49. The van der Waals surface area contributed by atoms with Crippen molar-refractivity contribution in [3.63, 3.8) is 0 Å². The summed E-state index contributed by atoms with van der Waals surface area (Å²) in [6.45, 7) is 7.07. The Labute approximate surface area is 158 Å². The summed E-state index contributed by atoms with van der Waals surface area (Å²) in [5, 5.41) is 12.4. The van der Waals surface area contributed by atoms with Gasteiger partial charge in [-0.2, -0.15) is 0 Å². The minimum absolute atomic E-state index is 0.0760. The summed E-state index contributed by atoms with van der Waals surface area (Å²) >= 11 is 1.41. The molecule has 2 aromatic rings. The number of nitrogens with one attached hydrogen (secondary N) is 1. The molecule has 0 aromatic carbocycles. The number of hydrogen-bond donors (Lipinski definition) is 1. The highest BCUT2D eigenvalue weighted by Crippen LogP contribution is 2.65. The number of fused-ring (bicyclic) bond motifs is 2. The summed E-state index contributed by atoms with van der Waals surface area (Å²) in [6, 6.07) is 3.95. The molecule has 0 spiro atoms. The first-order valence-corrected chi connectivity index (χ1v) is 10.2. The maximum atomic E-state index is 12.5. The molecule has 2 heterocycles. The topological polar surface area (TPSA) is 73.0 Å². The van der Waals surface area contributed by atoms with Crippen LogP contribution in [0.4, 0.5) is 0 Å². The summed E-state index contributed by atoms with van der Waals surface area (Å²) in [4.78, 5) is 12.5. The molecule has 0 unspecified atom stereocenters. The van der Waals surface area contributed by atoms with Crippen molar-refractivity contribution in [3.8, 4) is 11.6 Å². The smallest absolute Gasteiger partial charge is 0.230 e. The lowest BCUT2D eigenvalue weighted by Crippen LogP contribution is -2.47. The number of rotatable bonds is 5. The van der Waals surface area contributed by atoms with Gasteiger partial charge in [0.2, 0.25) is 5.91 Å². The largest absolute Gasteiger partial charge is 0.461 e. The molecule has 1 amide bonds. The number of hydrogen-bond acceptors (Lipinski definition) is 5. The van der Waals surface area contributed by atoms with Crippen LogP contribution >= 0.6 is 11.8 Å². The molecule has 2 aliphatic rings. The van der Waals surface area contributed by atoms with Crippen molar-refractivity contribution in [1.82, 2.24) is 20.1 Å². The summed E-state index contributed by atoms with van der Waals surface area (Å²) in [7, 11) is 1.89. The quantitative estimate of drug-likeness (QED) is 0.811. The summed E-state index contributed by atoms with van der Waals surface area (Å²) in [5.41, 5.74) is 0.509. The fourth-order valence-electron chi connectivity index (χ4n) is 4.85. The molecule has 0 saturated heterocycles. The number of thioether (sulfide) groups is 1. The van der Waals surface area contributed by atoms with E-state index >= 15 is 0 Å². The predicted molar refractivity (Wildman–Crippen MR) is 101 cm³/mol. The van der Waals surface area contributed by atoms with Gasteiger partial charge >= 0.3 is 0 Å². The number of carbonyl (C=O) groups excluding carboxylic acids is 1. The zero-order chi connectivity index (χ0) is 18.5. The number of amides is 1. The maximum absolute atomic E-state index is 12.5. The third-order valence-corrected chi connectivity index (χ3v) is 8.06. The molecule has 1 N–H and O–H groups in total. The molecule has 0 aliphatic heterocycles. The van der Waals surface area contributed by atoms with Gasteiger partial charge in [-0.3, -0.25) is 4.79 Å². The highest BCUT2D eigenvalue weighted by molar-refractivity contribution is 7.99. The fraction of sp³-hybridized carbons (Fsp3) is 0.632. The fourth-order valence-corrected chi connectivity index (χ4v) is 5.57. The van der Waals surface area contributed by atoms with Crippen molar-refractivity contribution < 1.29 is 9.21 Å². The average molecular weight is 375 g/mol. The van der Waals surface area contributed by atoms with Crippen LogP contribution in [-0.4, -0.2) is 32.5 Å². The summed E-state index contributed by atoms with van der Waals surface area (Å²) in [6.07, 6.45) is 5.21. The van der Waals surface area contributed by atoms with E-state index < -0.39 is 0 Å². The molecule has 2 saturated carbocycles. The Morgan fingerprint density at radius 1 is 1.42 bits per heavy atom. The van der Waals surface area contributed by atoms with E-state index in [2.05, 4.69) is 36.3 Å². The van der Waals surface area contributed by atoms with Crippen LogP contribution in [0.15, 0.2) is 28.0 Å². The Kier molecular flexibility index (Phi) is 4.17. The van der Waals surface area contributed by atoms with Gasteiger partial charge in [-0.05, 0) is 48.1 Å². The molecule has 2 aromatic heterocycles. The molecule has 0 radical (unpaired) electrons. The lowest BCUT2D eigenvalue weighted by atomic mass is 9.69. The second-order valence-electron chi connectivity index (χ2n) is 8.36. The van der Waals surface area contributed by atoms with Crippen LogP contribution in [-0.2, 0) is 11.8 Å². The first-order valence-electron chi connectivity index (χ1n) is 9.18. The Bertz CT molecular complexity index is 814. The monoisotopic (exact) mass is 374 g/mol. The van der Waals surface area contributed by atoms with Gasteiger partial charge in [0, 0.05) is 13.1 Å². The standard InChI is InChI=1S/C19H26N4O2S/c1-18(2)12-7-8-19(18,3)14(10-12)20-15(24)11-26-17-22-21-16(23(17)4)13-6-5-9-25-13/h5-6,9,12,14H,7-8,10-11H2,1-4H3,(H,20,24)/t12-,14+,19-/m0/s1. The minimum Gasteiger partial charge on any atom is -0.461 e. The SMILES string of the molecule is Cn1c(SCC(=O)N[C@@H]2C[C@@H]3CC[C@]2(C)C3(C)C)nnc1-c1ccco1. The van der Waals surface area contributed by atoms with Crippen molar-refractivity contribution in [1.29, 1.82) is 0 Å². The van der Waals surface area contributed by atoms with Crippen LogP contribution in [0.2, 0.25) is 0 Å². The first-order chi connectivity index (χ1) is 12.3. The van der Waals surface area contributed by atoms with E-state index in [1.807, 2.05) is 23.7 Å². The second kappa shape index (κ2) is 6.15. The molecular weight excluding hydrogens is 348 g/mol. The van der Waals surface area contributed by atoms with Gasteiger partial charge in [-0.15, -0.1) is 10.2 Å². The van der Waals surface area contributed by atoms with Gasteiger partial charge in [0.05, 0.1) is 12.0 Å². The van der Waals surface area contributed by atoms with E-state index in [1.165, 1.54) is 24.6 Å². The van der Waals surface area contributed by atoms with Gasteiger partial charge in [-0.25, -0.2) is 0 Å². The van der Waals surface area contributed by atoms with Crippen molar-refractivity contribution in [2.24, 2.45) is 23.8 Å². The number of aromatic nitrogens is 3. The molecule has 6 nitrogen and oxygen atoms in total. The molecule has 2 bridgehead atoms. The van der Waals surface area contributed by atoms with E-state index in [-0.39, 0.29) is 17.4 Å². The van der Waals surface area contributed by atoms with Crippen molar-refractivity contribution in [3.05, 3.63) is 18.4 Å². The molecule has 3 atom stereocenters. The third-order valence-electron chi connectivity index (χ3n) is 7.04. The zero-order valence-electron chi connectivity index (χ0n) is 15.8. The van der Waals surface area contributed by atoms with Crippen LogP contribution in [0.5, 0.6) is 0 Å². The Balaban J connectivity index is 1.37. The van der Waals surface area contributed by atoms with Crippen LogP contribution in [0, 0.1) is 16.7 Å². The minimum atomic E-state index is 0.0760. The average Bonchev–Trinajstić information content (AvgIpc) is 3.31. The molecular formula is C19H26N4O2S. The number of furan rings is 1. The highest BCUT2D eigenvalue weighted by Gasteiger charge is 2.61. The van der Waals surface area contributed by atoms with Crippen molar-refractivity contribution >= 4 is 17.7 Å². The van der Waals surface area contributed by atoms with E-state index in [0.29, 0.717) is 27.9 Å². The van der Waals surface area contributed by atoms with Crippen LogP contribution in [0.1, 0.15) is 40.0 Å². The van der Waals surface area contributed by atoms with Crippen LogP contribution in [0.25, 0.3) is 11.6 Å². The molecule has 140 valence electrons. The van der Waals surface area contributed by atoms with Gasteiger partial charge in [0.1, 0.15) is 0 Å². The van der Waals surface area contributed by atoms with Crippen molar-refractivity contribution in [2.45, 2.75) is 51.2 Å². The van der Waals surface area contributed by atoms with E-state index in [9.17, 15) is 4.79 Å². The number of carbonyl (C=O) groups is 1. The van der Waals surface area contributed by atoms with E-state index in [1.54, 1.807) is 6.26 Å². The first kappa shape index (κ1) is 17.6. The molecule has 7 heteroatoms. The van der Waals surface area contributed by atoms with Gasteiger partial charge < -0.3 is 14.3 Å². The molecule has 2 aliphatic carbocycles. The Hall–Kier alpha value is -1.76. The van der Waals surface area contributed by atoms with Gasteiger partial charge in [0.15, 0.2) is 16.7 Å².